The Morgan fingerprint density at radius 1 is 0.349 bits per heavy atom. The Kier molecular flexibility index (Phi) is 38.0. The Bertz CT molecular complexity index is 536. The van der Waals surface area contributed by atoms with Gasteiger partial charge in [0, 0.05) is 6.61 Å². The summed E-state index contributed by atoms with van der Waals surface area (Å²) in [6.07, 6.45) is 0.866. The fourth-order valence-electron chi connectivity index (χ4n) is 2.87. The summed E-state index contributed by atoms with van der Waals surface area (Å²) in [5, 5.41) is 8.48. The first-order chi connectivity index (χ1) is 21.3. The number of hydrogen-bond donors (Lipinski definition) is 2. The molecule has 0 bridgehead atoms. The largest absolute Gasteiger partial charge is 0.481 e. The van der Waals surface area contributed by atoms with Crippen molar-refractivity contribution < 1.29 is 66.7 Å². The minimum atomic E-state index is -0.874. The first kappa shape index (κ1) is 42.0. The van der Waals surface area contributed by atoms with Gasteiger partial charge in [0.25, 0.3) is 0 Å². The van der Waals surface area contributed by atoms with Crippen molar-refractivity contribution in [3.63, 3.8) is 0 Å². The molecule has 0 aromatic rings. The van der Waals surface area contributed by atoms with Crippen molar-refractivity contribution in [1.29, 1.82) is 0 Å². The first-order valence-corrected chi connectivity index (χ1v) is 15.1. The Labute approximate surface area is 256 Å². The van der Waals surface area contributed by atoms with Crippen molar-refractivity contribution in [3.05, 3.63) is 0 Å². The molecule has 0 amide bonds. The molecular formula is C28H57NO14. The summed E-state index contributed by atoms with van der Waals surface area (Å²) in [5.41, 5.74) is 5.39. The maximum atomic E-state index is 10.3. The number of carboxylic acid groups (broad SMARTS) is 1. The van der Waals surface area contributed by atoms with E-state index >= 15 is 0 Å². The van der Waals surface area contributed by atoms with E-state index in [1.165, 1.54) is 0 Å². The van der Waals surface area contributed by atoms with Crippen LogP contribution < -0.4 is 5.73 Å². The summed E-state index contributed by atoms with van der Waals surface area (Å²) in [4.78, 5) is 10.3. The lowest BCUT2D eigenvalue weighted by Gasteiger charge is -2.09. The Hall–Kier alpha value is -1.05. The average molecular weight is 632 g/mol. The molecule has 0 aliphatic heterocycles. The second-order valence-electron chi connectivity index (χ2n) is 8.63. The van der Waals surface area contributed by atoms with E-state index < -0.39 is 5.97 Å². The molecule has 0 rings (SSSR count). The molecule has 43 heavy (non-hydrogen) atoms. The Morgan fingerprint density at radius 3 is 0.721 bits per heavy atom. The van der Waals surface area contributed by atoms with Crippen molar-refractivity contribution >= 4 is 5.97 Å². The number of hydrogen-bond acceptors (Lipinski definition) is 14. The van der Waals surface area contributed by atoms with Gasteiger partial charge in [-0.15, -0.1) is 0 Å². The molecular weight excluding hydrogens is 574 g/mol. The van der Waals surface area contributed by atoms with Gasteiger partial charge in [0.05, 0.1) is 158 Å². The second kappa shape index (κ2) is 39.0. The molecule has 258 valence electrons. The quantitative estimate of drug-likeness (QED) is 0.0868. The predicted molar refractivity (Wildman–Crippen MR) is 156 cm³/mol. The Balaban J connectivity index is 3.03. The van der Waals surface area contributed by atoms with Crippen LogP contribution in [-0.2, 0) is 61.6 Å². The zero-order valence-corrected chi connectivity index (χ0v) is 25.9. The zero-order chi connectivity index (χ0) is 31.2. The van der Waals surface area contributed by atoms with Gasteiger partial charge in [0.2, 0.25) is 0 Å². The van der Waals surface area contributed by atoms with Crippen LogP contribution in [0.1, 0.15) is 12.8 Å². The molecule has 3 N–H and O–H groups in total. The minimum absolute atomic E-state index is 0.00211. The Morgan fingerprint density at radius 2 is 0.535 bits per heavy atom. The van der Waals surface area contributed by atoms with Gasteiger partial charge in [0.15, 0.2) is 0 Å². The van der Waals surface area contributed by atoms with Crippen molar-refractivity contribution in [3.8, 4) is 0 Å². The molecule has 0 saturated carbocycles. The molecule has 0 heterocycles. The predicted octanol–water partition coefficient (Wildman–Crippen LogP) is 0.00910. The lowest BCUT2D eigenvalue weighted by molar-refractivity contribution is -0.138. The third kappa shape index (κ3) is 41.0. The summed E-state index contributed by atoms with van der Waals surface area (Å²) in [6, 6.07) is 0. The van der Waals surface area contributed by atoms with Crippen LogP contribution in [0.15, 0.2) is 0 Å². The van der Waals surface area contributed by atoms with Gasteiger partial charge in [-0.2, -0.15) is 0 Å². The van der Waals surface area contributed by atoms with Gasteiger partial charge in [-0.1, -0.05) is 0 Å². The lowest BCUT2D eigenvalue weighted by atomic mass is 10.5. The highest BCUT2D eigenvalue weighted by atomic mass is 16.6. The summed E-state index contributed by atoms with van der Waals surface area (Å²) in [7, 11) is 0. The maximum Gasteiger partial charge on any atom is 0.305 e. The summed E-state index contributed by atoms with van der Waals surface area (Å²) >= 11 is 0. The van der Waals surface area contributed by atoms with Crippen molar-refractivity contribution in [2.75, 3.05) is 165 Å². The minimum Gasteiger partial charge on any atom is -0.481 e. The number of nitrogens with two attached hydrogens (primary N) is 1. The zero-order valence-electron chi connectivity index (χ0n) is 25.9. The molecule has 0 aliphatic rings. The first-order valence-electron chi connectivity index (χ1n) is 15.1. The van der Waals surface area contributed by atoms with E-state index in [4.69, 9.17) is 67.7 Å². The number of carboxylic acids is 1. The van der Waals surface area contributed by atoms with E-state index in [1.54, 1.807) is 0 Å². The van der Waals surface area contributed by atoms with Gasteiger partial charge in [-0.25, -0.2) is 0 Å². The van der Waals surface area contributed by atoms with Crippen LogP contribution >= 0.6 is 0 Å². The molecule has 15 nitrogen and oxygen atoms in total. The fraction of sp³-hybridized carbons (Fsp3) is 0.964. The molecule has 0 aromatic heterocycles. The van der Waals surface area contributed by atoms with Gasteiger partial charge in [-0.05, 0) is 13.0 Å². The van der Waals surface area contributed by atoms with E-state index in [0.717, 1.165) is 6.42 Å². The van der Waals surface area contributed by atoms with Crippen molar-refractivity contribution in [1.82, 2.24) is 0 Å². The average Bonchev–Trinajstić information content (AvgIpc) is 3.00. The number of rotatable bonds is 39. The fourth-order valence-corrected chi connectivity index (χ4v) is 2.87. The summed E-state index contributed by atoms with van der Waals surface area (Å²) in [6.45, 7) is 12.3. The maximum absolute atomic E-state index is 10.3. The number of carbonyl (C=O) groups is 1. The summed E-state index contributed by atoms with van der Waals surface area (Å²) < 4.78 is 64.7. The van der Waals surface area contributed by atoms with Crippen LogP contribution in [0.4, 0.5) is 0 Å². The van der Waals surface area contributed by atoms with Crippen LogP contribution in [0.25, 0.3) is 0 Å². The monoisotopic (exact) mass is 631 g/mol. The van der Waals surface area contributed by atoms with Gasteiger partial charge in [-0.3, -0.25) is 4.79 Å². The van der Waals surface area contributed by atoms with E-state index in [0.29, 0.717) is 159 Å². The molecule has 15 heteroatoms. The molecule has 0 saturated heterocycles. The highest BCUT2D eigenvalue weighted by molar-refractivity contribution is 5.66. The SMILES string of the molecule is NCCCOCCOCCOCCOCCOCCOCCOCCOCCOCCOCCOCCOCCC(=O)O. The molecule has 0 unspecified atom stereocenters. The molecule has 0 radical (unpaired) electrons. The third-order valence-corrected chi connectivity index (χ3v) is 5.05. The smallest absolute Gasteiger partial charge is 0.305 e. The highest BCUT2D eigenvalue weighted by Crippen LogP contribution is 1.88. The van der Waals surface area contributed by atoms with Crippen molar-refractivity contribution in [2.45, 2.75) is 12.8 Å². The van der Waals surface area contributed by atoms with Crippen LogP contribution in [-0.4, -0.2) is 176 Å². The highest BCUT2D eigenvalue weighted by Gasteiger charge is 1.98. The number of aliphatic carboxylic acids is 1. The normalized spacial score (nSPS) is 11.5. The third-order valence-electron chi connectivity index (χ3n) is 5.05. The van der Waals surface area contributed by atoms with Gasteiger partial charge < -0.3 is 67.7 Å². The van der Waals surface area contributed by atoms with Crippen molar-refractivity contribution in [2.24, 2.45) is 5.73 Å². The summed E-state index contributed by atoms with van der Waals surface area (Å²) in [5.74, 6) is -0.874. The van der Waals surface area contributed by atoms with Gasteiger partial charge in [0.1, 0.15) is 0 Å². The van der Waals surface area contributed by atoms with Crippen LogP contribution in [0.3, 0.4) is 0 Å². The second-order valence-corrected chi connectivity index (χ2v) is 8.63. The number of ether oxygens (including phenoxy) is 12. The van der Waals surface area contributed by atoms with Crippen LogP contribution in [0.2, 0.25) is 0 Å². The standard InChI is InChI=1S/C28H57NO14/c29-3-1-4-32-6-8-34-10-12-36-14-16-38-18-20-40-22-24-42-26-27-43-25-23-41-21-19-39-17-15-37-13-11-35-9-7-33-5-2-28(30)31/h1-27,29H2,(H,30,31). The van der Waals surface area contributed by atoms with Crippen LogP contribution in [0.5, 0.6) is 0 Å². The molecule has 0 fully saturated rings. The van der Waals surface area contributed by atoms with Crippen LogP contribution in [0, 0.1) is 0 Å². The van der Waals surface area contributed by atoms with E-state index in [-0.39, 0.29) is 13.0 Å². The molecule has 0 spiro atoms. The lowest BCUT2D eigenvalue weighted by Crippen LogP contribution is -2.15. The van der Waals surface area contributed by atoms with E-state index in [2.05, 4.69) is 0 Å². The molecule has 0 aromatic carbocycles. The molecule has 0 aliphatic carbocycles. The van der Waals surface area contributed by atoms with E-state index in [1.807, 2.05) is 0 Å². The topological polar surface area (TPSA) is 174 Å². The van der Waals surface area contributed by atoms with E-state index in [9.17, 15) is 4.79 Å². The molecule has 0 atom stereocenters. The van der Waals surface area contributed by atoms with Gasteiger partial charge >= 0.3 is 5.97 Å².